The molecule has 5 nitrogen and oxygen atoms in total. The maximum absolute atomic E-state index is 13.3. The van der Waals surface area contributed by atoms with Crippen LogP contribution in [0.3, 0.4) is 0 Å². The van der Waals surface area contributed by atoms with E-state index in [0.29, 0.717) is 10.2 Å². The minimum atomic E-state index is -4.11. The minimum absolute atomic E-state index is 0.0403. The average Bonchev–Trinajstić information content (AvgIpc) is 2.69. The molecule has 0 aliphatic heterocycles. The first-order valence-corrected chi connectivity index (χ1v) is 11.5. The first kappa shape index (κ1) is 22.1. The molecule has 0 aliphatic rings. The van der Waals surface area contributed by atoms with Crippen LogP contribution in [-0.2, 0) is 14.8 Å². The number of ether oxygens (including phenoxy) is 1. The van der Waals surface area contributed by atoms with Crippen LogP contribution in [0.4, 0.5) is 5.69 Å². The van der Waals surface area contributed by atoms with Gasteiger partial charge >= 0.3 is 0 Å². The molecule has 0 saturated heterocycles. The van der Waals surface area contributed by atoms with Gasteiger partial charge in [-0.1, -0.05) is 41.5 Å². The summed E-state index contributed by atoms with van der Waals surface area (Å²) in [4.78, 5) is 13.1. The molecule has 0 unspecified atom stereocenters. The quantitative estimate of drug-likeness (QED) is 0.480. The van der Waals surface area contributed by atoms with Gasteiger partial charge in [0.1, 0.15) is 5.75 Å². The van der Waals surface area contributed by atoms with Crippen LogP contribution in [0, 0.1) is 20.8 Å². The second kappa shape index (κ2) is 9.02. The summed E-state index contributed by atoms with van der Waals surface area (Å²) >= 11 is 3.40. The first-order chi connectivity index (χ1) is 14.2. The van der Waals surface area contributed by atoms with Crippen LogP contribution in [0.15, 0.2) is 76.1 Å². The normalized spacial score (nSPS) is 11.2. The van der Waals surface area contributed by atoms with Crippen molar-refractivity contribution in [2.75, 3.05) is 10.9 Å². The number of carbonyl (C=O) groups is 1. The van der Waals surface area contributed by atoms with Crippen molar-refractivity contribution in [1.82, 2.24) is 0 Å². The van der Waals surface area contributed by atoms with Crippen LogP contribution < -0.4 is 9.04 Å². The number of sulfonamides is 1. The summed E-state index contributed by atoms with van der Waals surface area (Å²) in [6, 6.07) is 18.6. The van der Waals surface area contributed by atoms with Gasteiger partial charge in [0.2, 0.25) is 0 Å². The monoisotopic (exact) mass is 487 g/mol. The highest BCUT2D eigenvalue weighted by Crippen LogP contribution is 2.28. The molecule has 3 rings (SSSR count). The Hall–Kier alpha value is -2.64. The Morgan fingerprint density at radius 2 is 1.40 bits per heavy atom. The molecule has 0 heterocycles. The Morgan fingerprint density at radius 1 is 0.867 bits per heavy atom. The van der Waals surface area contributed by atoms with E-state index in [4.69, 9.17) is 4.74 Å². The molecular weight excluding hydrogens is 466 g/mol. The SMILES string of the molecule is Cc1ccc(N(C(=O)COc2ccc(C)cc2Br)S(=O)(=O)c2ccc(C)cc2)cc1. The van der Waals surface area contributed by atoms with Gasteiger partial charge in [0.15, 0.2) is 6.61 Å². The van der Waals surface area contributed by atoms with E-state index in [1.807, 2.05) is 32.9 Å². The van der Waals surface area contributed by atoms with Gasteiger partial charge in [-0.15, -0.1) is 0 Å². The number of hydrogen-bond donors (Lipinski definition) is 0. The summed E-state index contributed by atoms with van der Waals surface area (Å²) in [5.74, 6) is -0.225. The lowest BCUT2D eigenvalue weighted by atomic mass is 10.2. The molecule has 0 aliphatic carbocycles. The Labute approximate surface area is 185 Å². The zero-order chi connectivity index (χ0) is 21.9. The number of hydrogen-bond acceptors (Lipinski definition) is 4. The highest BCUT2D eigenvalue weighted by Gasteiger charge is 2.31. The maximum Gasteiger partial charge on any atom is 0.278 e. The number of aryl methyl sites for hydroxylation is 3. The number of anilines is 1. The van der Waals surface area contributed by atoms with Crippen molar-refractivity contribution in [3.63, 3.8) is 0 Å². The molecule has 0 fully saturated rings. The van der Waals surface area contributed by atoms with Gasteiger partial charge in [-0.25, -0.2) is 8.42 Å². The van der Waals surface area contributed by atoms with Crippen LogP contribution in [0.2, 0.25) is 0 Å². The summed E-state index contributed by atoms with van der Waals surface area (Å²) in [5.41, 5.74) is 3.18. The summed E-state index contributed by atoms with van der Waals surface area (Å²) in [6.07, 6.45) is 0. The predicted molar refractivity (Wildman–Crippen MR) is 121 cm³/mol. The van der Waals surface area contributed by atoms with Crippen LogP contribution in [0.5, 0.6) is 5.75 Å². The Balaban J connectivity index is 1.95. The second-order valence-corrected chi connectivity index (χ2v) is 9.68. The molecular formula is C23H22BrNO4S. The Bertz CT molecular complexity index is 1160. The van der Waals surface area contributed by atoms with Crippen LogP contribution in [0.25, 0.3) is 0 Å². The summed E-state index contributed by atoms with van der Waals surface area (Å²) in [6.45, 7) is 5.27. The van der Waals surface area contributed by atoms with Crippen LogP contribution in [0.1, 0.15) is 16.7 Å². The van der Waals surface area contributed by atoms with Crippen molar-refractivity contribution in [3.8, 4) is 5.75 Å². The zero-order valence-corrected chi connectivity index (χ0v) is 19.3. The van der Waals surface area contributed by atoms with E-state index in [2.05, 4.69) is 15.9 Å². The molecule has 156 valence electrons. The molecule has 7 heteroatoms. The first-order valence-electron chi connectivity index (χ1n) is 9.29. The summed E-state index contributed by atoms with van der Waals surface area (Å²) < 4.78 is 33.8. The van der Waals surface area contributed by atoms with Crippen molar-refractivity contribution in [2.45, 2.75) is 25.7 Å². The number of rotatable bonds is 6. The van der Waals surface area contributed by atoms with E-state index in [1.165, 1.54) is 12.1 Å². The van der Waals surface area contributed by atoms with E-state index < -0.39 is 22.5 Å². The van der Waals surface area contributed by atoms with Gasteiger partial charge in [0.05, 0.1) is 15.1 Å². The number of amides is 1. The van der Waals surface area contributed by atoms with E-state index in [-0.39, 0.29) is 10.6 Å². The molecule has 0 saturated carbocycles. The Kier molecular flexibility index (Phi) is 6.63. The van der Waals surface area contributed by atoms with Crippen LogP contribution in [-0.4, -0.2) is 20.9 Å². The fourth-order valence-electron chi connectivity index (χ4n) is 2.83. The molecule has 0 N–H and O–H groups in total. The van der Waals surface area contributed by atoms with Crippen molar-refractivity contribution in [1.29, 1.82) is 0 Å². The highest BCUT2D eigenvalue weighted by molar-refractivity contribution is 9.10. The van der Waals surface area contributed by atoms with Gasteiger partial charge in [0.25, 0.3) is 15.9 Å². The molecule has 3 aromatic carbocycles. The van der Waals surface area contributed by atoms with E-state index in [0.717, 1.165) is 21.0 Å². The molecule has 30 heavy (non-hydrogen) atoms. The van der Waals surface area contributed by atoms with Crippen molar-refractivity contribution in [2.24, 2.45) is 0 Å². The predicted octanol–water partition coefficient (Wildman–Crippen LogP) is 5.18. The van der Waals surface area contributed by atoms with Gasteiger partial charge < -0.3 is 4.74 Å². The van der Waals surface area contributed by atoms with E-state index >= 15 is 0 Å². The molecule has 0 spiro atoms. The standard InChI is InChI=1S/C23H22BrNO4S/c1-16-4-9-19(10-5-16)25(30(27,28)20-11-6-17(2)7-12-20)23(26)15-29-22-13-8-18(3)14-21(22)24/h4-14H,15H2,1-3H3. The van der Waals surface area contributed by atoms with Gasteiger partial charge in [-0.05, 0) is 78.7 Å². The molecule has 0 bridgehead atoms. The molecule has 0 atom stereocenters. The van der Waals surface area contributed by atoms with Crippen molar-refractivity contribution in [3.05, 3.63) is 87.9 Å². The number of halogens is 1. The molecule has 1 amide bonds. The highest BCUT2D eigenvalue weighted by atomic mass is 79.9. The number of benzene rings is 3. The van der Waals surface area contributed by atoms with Crippen molar-refractivity contribution < 1.29 is 17.9 Å². The zero-order valence-electron chi connectivity index (χ0n) is 16.9. The lowest BCUT2D eigenvalue weighted by Gasteiger charge is -2.23. The minimum Gasteiger partial charge on any atom is -0.483 e. The largest absolute Gasteiger partial charge is 0.483 e. The summed E-state index contributed by atoms with van der Waals surface area (Å²) in [5, 5.41) is 0. The lowest BCUT2D eigenvalue weighted by molar-refractivity contribution is -0.119. The van der Waals surface area contributed by atoms with Gasteiger partial charge in [0, 0.05) is 0 Å². The third kappa shape index (κ3) is 4.91. The van der Waals surface area contributed by atoms with E-state index in [1.54, 1.807) is 42.5 Å². The van der Waals surface area contributed by atoms with Gasteiger partial charge in [-0.2, -0.15) is 4.31 Å². The fraction of sp³-hybridized carbons (Fsp3) is 0.174. The molecule has 3 aromatic rings. The van der Waals surface area contributed by atoms with Crippen molar-refractivity contribution >= 4 is 37.5 Å². The Morgan fingerprint density at radius 3 is 1.97 bits per heavy atom. The summed E-state index contributed by atoms with van der Waals surface area (Å²) in [7, 11) is -4.11. The lowest BCUT2D eigenvalue weighted by Crippen LogP contribution is -2.40. The topological polar surface area (TPSA) is 63.7 Å². The van der Waals surface area contributed by atoms with E-state index in [9.17, 15) is 13.2 Å². The maximum atomic E-state index is 13.3. The second-order valence-electron chi connectivity index (χ2n) is 7.03. The van der Waals surface area contributed by atoms with Gasteiger partial charge in [-0.3, -0.25) is 4.79 Å². The third-order valence-electron chi connectivity index (χ3n) is 4.49. The average molecular weight is 488 g/mol. The number of carbonyl (C=O) groups excluding carboxylic acids is 1. The smallest absolute Gasteiger partial charge is 0.278 e. The van der Waals surface area contributed by atoms with Crippen LogP contribution >= 0.6 is 15.9 Å². The third-order valence-corrected chi connectivity index (χ3v) is 6.88. The molecule has 0 aromatic heterocycles. The molecule has 0 radical (unpaired) electrons. The fourth-order valence-corrected chi connectivity index (χ4v) is 4.85. The number of nitrogens with zero attached hydrogens (tertiary/aromatic N) is 1.